The predicted molar refractivity (Wildman–Crippen MR) is 6.44 cm³/mol. The van der Waals surface area contributed by atoms with Gasteiger partial charge >= 0.3 is 91.8 Å². The van der Waals surface area contributed by atoms with E-state index in [1.54, 1.807) is 0 Å². The Morgan fingerprint density at radius 3 is 1.00 bits per heavy atom. The van der Waals surface area contributed by atoms with Crippen molar-refractivity contribution in [3.63, 3.8) is 0 Å². The van der Waals surface area contributed by atoms with Crippen LogP contribution >= 0.6 is 0 Å². The Labute approximate surface area is 95.0 Å². The monoisotopic (exact) mass is 272 g/mol. The molecule has 1 radical (unpaired) electrons. The van der Waals surface area contributed by atoms with Crippen molar-refractivity contribution in [2.24, 2.45) is 0 Å². The third kappa shape index (κ3) is 8.88. The van der Waals surface area contributed by atoms with Crippen LogP contribution in [0.4, 0.5) is 0 Å². The van der Waals surface area contributed by atoms with Crippen LogP contribution in [0.1, 0.15) is 0 Å². The Kier molecular flexibility index (Phi) is 118. The first kappa shape index (κ1) is 28.1. The Morgan fingerprint density at radius 1 is 1.00 bits per heavy atom. The SMILES string of the molecule is [Al+3].[Ce+3].[O-2].[Y+3]. The van der Waals surface area contributed by atoms with Crippen LogP contribution in [0.25, 0.3) is 0 Å². The Bertz CT molecular complexity index is 8.00. The van der Waals surface area contributed by atoms with Crippen LogP contribution in [0.2, 0.25) is 0 Å². The standard InChI is InChI=1S/Al.Ce.O.Y/q2*+3;-2;+3. The van der Waals surface area contributed by atoms with Gasteiger partial charge in [-0.25, -0.2) is 0 Å². The molecule has 9 valence electrons. The molecule has 0 atom stereocenters. The zero-order valence-electron chi connectivity index (χ0n) is 2.06. The molecule has 0 saturated carbocycles. The minimum absolute atomic E-state index is 0. The minimum Gasteiger partial charge on any atom is -2.00 e. The largest absolute Gasteiger partial charge is 3.00 e. The Hall–Kier alpha value is 2.97. The van der Waals surface area contributed by atoms with Gasteiger partial charge in [0.2, 0.25) is 0 Å². The van der Waals surface area contributed by atoms with Crippen LogP contribution < -0.4 is 0 Å². The van der Waals surface area contributed by atoms with Crippen LogP contribution in [0.5, 0.6) is 0 Å². The zero-order chi connectivity index (χ0) is 0. The molecule has 0 aromatic rings. The topological polar surface area (TPSA) is 28.5 Å². The quantitative estimate of drug-likeness (QED) is 0.532. The first-order valence-corrected chi connectivity index (χ1v) is 0. The van der Waals surface area contributed by atoms with E-state index in [2.05, 4.69) is 0 Å². The van der Waals surface area contributed by atoms with E-state index in [0.717, 1.165) is 0 Å². The fraction of sp³-hybridized carbons (Fsp3) is 0. The normalized spacial score (nSPS) is 0. The van der Waals surface area contributed by atoms with Crippen molar-refractivity contribution in [2.45, 2.75) is 0 Å². The Balaban J connectivity index is 0. The summed E-state index contributed by atoms with van der Waals surface area (Å²) in [5.74, 6) is 0. The second-order valence-electron chi connectivity index (χ2n) is 0. The van der Waals surface area contributed by atoms with Crippen LogP contribution in [-0.2, 0) is 38.2 Å². The molecule has 0 bridgehead atoms. The van der Waals surface area contributed by atoms with Gasteiger partial charge in [-0.05, 0) is 0 Å². The fourth-order valence-electron chi connectivity index (χ4n) is 0. The van der Waals surface area contributed by atoms with Gasteiger partial charge in [0.1, 0.15) is 0 Å². The maximum atomic E-state index is 0. The molecule has 4 heavy (non-hydrogen) atoms. The smallest absolute Gasteiger partial charge is 2.00 e. The average Bonchev–Trinajstić information content (AvgIpc) is 0. The predicted octanol–water partition coefficient (Wildman–Crippen LogP) is -0.502. The molecular formula is AlCeOY+7. The van der Waals surface area contributed by atoms with E-state index in [9.17, 15) is 0 Å². The Morgan fingerprint density at radius 2 is 1.00 bits per heavy atom. The number of rotatable bonds is 0. The molecule has 0 aliphatic carbocycles. The molecular weight excluding hydrogens is 272 g/mol. The van der Waals surface area contributed by atoms with Gasteiger partial charge in [-0.15, -0.1) is 0 Å². The van der Waals surface area contributed by atoms with Crippen molar-refractivity contribution in [3.05, 3.63) is 0 Å². The second kappa shape index (κ2) is 16.7. The zero-order valence-corrected chi connectivity index (χ0v) is 9.20. The van der Waals surface area contributed by atoms with Gasteiger partial charge in [-0.2, -0.15) is 0 Å². The van der Waals surface area contributed by atoms with Crippen molar-refractivity contribution in [1.29, 1.82) is 0 Å². The summed E-state index contributed by atoms with van der Waals surface area (Å²) in [5, 5.41) is 0. The molecule has 0 aromatic heterocycles. The molecule has 1 nitrogen and oxygen atoms in total. The molecule has 0 aliphatic rings. The van der Waals surface area contributed by atoms with E-state index in [1.807, 2.05) is 0 Å². The van der Waals surface area contributed by atoms with E-state index >= 15 is 0 Å². The molecule has 0 rings (SSSR count). The van der Waals surface area contributed by atoms with Crippen molar-refractivity contribution in [1.82, 2.24) is 0 Å². The molecule has 0 spiro atoms. The van der Waals surface area contributed by atoms with Gasteiger partial charge in [0, 0.05) is 0 Å². The van der Waals surface area contributed by atoms with E-state index in [0.29, 0.717) is 0 Å². The molecule has 0 amide bonds. The molecule has 0 fully saturated rings. The van der Waals surface area contributed by atoms with Crippen molar-refractivity contribution < 1.29 is 79.9 Å². The minimum atomic E-state index is 0. The second-order valence-corrected chi connectivity index (χ2v) is 0. The van der Waals surface area contributed by atoms with Crippen molar-refractivity contribution >= 4 is 17.4 Å². The molecule has 4 heteroatoms. The van der Waals surface area contributed by atoms with Crippen LogP contribution in [-0.4, -0.2) is 17.4 Å². The van der Waals surface area contributed by atoms with Crippen molar-refractivity contribution in [3.8, 4) is 0 Å². The first-order chi connectivity index (χ1) is 0. The van der Waals surface area contributed by atoms with Gasteiger partial charge in [0.25, 0.3) is 0 Å². The average molecular weight is 272 g/mol. The van der Waals surface area contributed by atoms with Gasteiger partial charge in [-0.1, -0.05) is 0 Å². The number of hydrogen-bond acceptors (Lipinski definition) is 0. The third-order valence-corrected chi connectivity index (χ3v) is 0. The van der Waals surface area contributed by atoms with Gasteiger partial charge in [0.15, 0.2) is 0 Å². The van der Waals surface area contributed by atoms with Gasteiger partial charge < -0.3 is 5.48 Å². The maximum absolute atomic E-state index is 0. The van der Waals surface area contributed by atoms with E-state index < -0.39 is 0 Å². The molecule has 0 saturated heterocycles. The summed E-state index contributed by atoms with van der Waals surface area (Å²) in [7, 11) is 0. The van der Waals surface area contributed by atoms with E-state index in [4.69, 9.17) is 0 Å². The summed E-state index contributed by atoms with van der Waals surface area (Å²) in [6.45, 7) is 0. The molecule has 0 unspecified atom stereocenters. The third-order valence-electron chi connectivity index (χ3n) is 0. The molecule has 0 heterocycles. The summed E-state index contributed by atoms with van der Waals surface area (Å²) in [6, 6.07) is 0. The summed E-state index contributed by atoms with van der Waals surface area (Å²) in [4.78, 5) is 0. The molecule has 0 aliphatic heterocycles. The summed E-state index contributed by atoms with van der Waals surface area (Å²) < 4.78 is 0. The van der Waals surface area contributed by atoms with Crippen molar-refractivity contribution in [2.75, 3.05) is 0 Å². The summed E-state index contributed by atoms with van der Waals surface area (Å²) in [5.41, 5.74) is 0. The number of hydrogen-bond donors (Lipinski definition) is 0. The molecule has 0 aromatic carbocycles. The van der Waals surface area contributed by atoms with E-state index in [1.165, 1.54) is 0 Å². The van der Waals surface area contributed by atoms with Gasteiger partial charge in [-0.3, -0.25) is 0 Å². The van der Waals surface area contributed by atoms with Crippen LogP contribution in [0.15, 0.2) is 0 Å². The molecule has 0 N–H and O–H groups in total. The first-order valence-electron chi connectivity index (χ1n) is 0. The van der Waals surface area contributed by atoms with Crippen LogP contribution in [0, 0.1) is 41.7 Å². The van der Waals surface area contributed by atoms with E-state index in [-0.39, 0.29) is 97.3 Å². The summed E-state index contributed by atoms with van der Waals surface area (Å²) >= 11 is 0. The van der Waals surface area contributed by atoms with Crippen LogP contribution in [0.3, 0.4) is 0 Å². The fourth-order valence-corrected chi connectivity index (χ4v) is 0. The summed E-state index contributed by atoms with van der Waals surface area (Å²) in [6.07, 6.45) is 0. The maximum Gasteiger partial charge on any atom is 3.00 e. The van der Waals surface area contributed by atoms with Gasteiger partial charge in [0.05, 0.1) is 0 Å².